The molecule has 0 radical (unpaired) electrons. The van der Waals surface area contributed by atoms with Crippen LogP contribution in [0.15, 0.2) is 34.9 Å². The zero-order valence-corrected chi connectivity index (χ0v) is 14.0. The normalized spacial score (nSPS) is 17.9. The van der Waals surface area contributed by atoms with Crippen LogP contribution in [0.4, 0.5) is 0 Å². The van der Waals surface area contributed by atoms with E-state index in [1.807, 2.05) is 23.1 Å². The number of aromatic nitrogens is 2. The molecule has 0 bridgehead atoms. The Balaban J connectivity index is 1.45. The van der Waals surface area contributed by atoms with Gasteiger partial charge in [-0.15, -0.1) is 0 Å². The molecule has 1 saturated heterocycles. The molecule has 1 aromatic carbocycles. The van der Waals surface area contributed by atoms with E-state index in [9.17, 15) is 4.79 Å². The Labute approximate surface area is 141 Å². The van der Waals surface area contributed by atoms with E-state index in [-0.39, 0.29) is 12.0 Å². The molecular weight excluding hydrogens is 306 g/mol. The van der Waals surface area contributed by atoms with Gasteiger partial charge in [0.25, 0.3) is 0 Å². The number of carbonyl (C=O) groups excluding carboxylic acids is 1. The summed E-state index contributed by atoms with van der Waals surface area (Å²) in [6.45, 7) is 3.54. The molecule has 24 heavy (non-hydrogen) atoms. The van der Waals surface area contributed by atoms with Crippen molar-refractivity contribution >= 4 is 5.91 Å². The van der Waals surface area contributed by atoms with Crippen molar-refractivity contribution in [2.45, 2.75) is 45.3 Å². The number of nitrogens with zero attached hydrogens (tertiary/aromatic N) is 3. The number of likely N-dealkylation sites (tertiary alicyclic amines) is 1. The Bertz CT molecular complexity index is 657. The van der Waals surface area contributed by atoms with Gasteiger partial charge in [0.05, 0.1) is 6.10 Å². The molecular formula is C18H23N3O3. The molecule has 1 atom stereocenters. The lowest BCUT2D eigenvalue weighted by Crippen LogP contribution is -2.43. The minimum absolute atomic E-state index is 0.0400. The Hall–Kier alpha value is -2.21. The monoisotopic (exact) mass is 329 g/mol. The van der Waals surface area contributed by atoms with E-state index >= 15 is 0 Å². The van der Waals surface area contributed by atoms with Gasteiger partial charge in [-0.1, -0.05) is 35.5 Å². The summed E-state index contributed by atoms with van der Waals surface area (Å²) < 4.78 is 10.8. The maximum Gasteiger partial charge on any atom is 0.223 e. The van der Waals surface area contributed by atoms with Crippen molar-refractivity contribution in [1.29, 1.82) is 0 Å². The van der Waals surface area contributed by atoms with Gasteiger partial charge in [-0.3, -0.25) is 4.79 Å². The molecule has 2 aromatic rings. The van der Waals surface area contributed by atoms with E-state index < -0.39 is 0 Å². The molecule has 1 aliphatic rings. The summed E-state index contributed by atoms with van der Waals surface area (Å²) in [6, 6.07) is 10.1. The summed E-state index contributed by atoms with van der Waals surface area (Å²) in [5.41, 5.74) is 1.20. The predicted molar refractivity (Wildman–Crippen MR) is 88.2 cm³/mol. The van der Waals surface area contributed by atoms with Crippen molar-refractivity contribution < 1.29 is 14.1 Å². The number of piperidine rings is 1. The molecule has 1 amide bonds. The van der Waals surface area contributed by atoms with Crippen LogP contribution in [0.3, 0.4) is 0 Å². The van der Waals surface area contributed by atoms with Gasteiger partial charge in [0.2, 0.25) is 11.8 Å². The fourth-order valence-electron chi connectivity index (χ4n) is 2.95. The third kappa shape index (κ3) is 4.64. The summed E-state index contributed by atoms with van der Waals surface area (Å²) in [6.07, 6.45) is 3.29. The second kappa shape index (κ2) is 8.06. The van der Waals surface area contributed by atoms with Crippen LogP contribution in [0.2, 0.25) is 0 Å². The maximum absolute atomic E-state index is 12.4. The highest BCUT2D eigenvalue weighted by molar-refractivity contribution is 5.76. The number of carbonyl (C=O) groups is 1. The summed E-state index contributed by atoms with van der Waals surface area (Å²) in [5, 5.41) is 3.83. The first-order chi connectivity index (χ1) is 11.7. The van der Waals surface area contributed by atoms with Crippen LogP contribution in [0.25, 0.3) is 0 Å². The topological polar surface area (TPSA) is 68.5 Å². The second-order valence-corrected chi connectivity index (χ2v) is 6.13. The second-order valence-electron chi connectivity index (χ2n) is 6.13. The first-order valence-corrected chi connectivity index (χ1v) is 8.43. The first kappa shape index (κ1) is 16.6. The van der Waals surface area contributed by atoms with Gasteiger partial charge >= 0.3 is 0 Å². The van der Waals surface area contributed by atoms with Crippen LogP contribution < -0.4 is 0 Å². The minimum atomic E-state index is 0.0400. The Morgan fingerprint density at radius 1 is 1.38 bits per heavy atom. The lowest BCUT2D eigenvalue weighted by molar-refractivity contribution is -0.135. The zero-order chi connectivity index (χ0) is 16.8. The smallest absolute Gasteiger partial charge is 0.223 e. The number of aryl methyl sites for hydroxylation is 2. The molecule has 1 fully saturated rings. The zero-order valence-electron chi connectivity index (χ0n) is 14.0. The van der Waals surface area contributed by atoms with Crippen molar-refractivity contribution in [3.05, 3.63) is 47.6 Å². The average Bonchev–Trinajstić information content (AvgIpc) is 3.04. The van der Waals surface area contributed by atoms with Crippen molar-refractivity contribution in [2.75, 3.05) is 13.1 Å². The van der Waals surface area contributed by atoms with Gasteiger partial charge in [0.1, 0.15) is 6.61 Å². The van der Waals surface area contributed by atoms with Crippen molar-refractivity contribution in [3.8, 4) is 0 Å². The van der Waals surface area contributed by atoms with Crippen LogP contribution in [-0.2, 0) is 22.6 Å². The number of benzene rings is 1. The van der Waals surface area contributed by atoms with Crippen LogP contribution in [-0.4, -0.2) is 40.1 Å². The number of hydrogen-bond donors (Lipinski definition) is 0. The third-order valence-electron chi connectivity index (χ3n) is 4.22. The van der Waals surface area contributed by atoms with E-state index in [1.165, 1.54) is 5.56 Å². The largest absolute Gasteiger partial charge is 0.368 e. The van der Waals surface area contributed by atoms with E-state index in [1.54, 1.807) is 6.92 Å². The molecule has 1 aliphatic heterocycles. The molecule has 6 heteroatoms. The lowest BCUT2D eigenvalue weighted by Gasteiger charge is -2.32. The highest BCUT2D eigenvalue weighted by Gasteiger charge is 2.24. The van der Waals surface area contributed by atoms with Crippen molar-refractivity contribution in [1.82, 2.24) is 15.0 Å². The molecule has 0 spiro atoms. The maximum atomic E-state index is 12.4. The number of hydrogen-bond acceptors (Lipinski definition) is 5. The fraction of sp³-hybridized carbons (Fsp3) is 0.500. The molecule has 1 aromatic heterocycles. The van der Waals surface area contributed by atoms with Crippen LogP contribution in [0.5, 0.6) is 0 Å². The van der Waals surface area contributed by atoms with Gasteiger partial charge < -0.3 is 14.2 Å². The fourth-order valence-corrected chi connectivity index (χ4v) is 2.95. The lowest BCUT2D eigenvalue weighted by atomic mass is 10.1. The number of amides is 1. The molecule has 0 aliphatic carbocycles. The molecule has 0 saturated carbocycles. The third-order valence-corrected chi connectivity index (χ3v) is 4.22. The first-order valence-electron chi connectivity index (χ1n) is 8.43. The highest BCUT2D eigenvalue weighted by atomic mass is 16.5. The van der Waals surface area contributed by atoms with Crippen molar-refractivity contribution in [3.63, 3.8) is 0 Å². The number of rotatable bonds is 6. The summed E-state index contributed by atoms with van der Waals surface area (Å²) in [4.78, 5) is 18.5. The van der Waals surface area contributed by atoms with Gasteiger partial charge in [-0.05, 0) is 24.8 Å². The predicted octanol–water partition coefficient (Wildman–Crippen LogP) is 2.52. The Morgan fingerprint density at radius 3 is 2.96 bits per heavy atom. The minimum Gasteiger partial charge on any atom is -0.368 e. The summed E-state index contributed by atoms with van der Waals surface area (Å²) in [5.74, 6) is 1.29. The standard InChI is InChI=1S/C18H23N3O3/c1-14-19-17(20-24-14)13-23-16-8-5-11-21(12-16)18(22)10-9-15-6-3-2-4-7-15/h2-4,6-7,16H,5,8-13H2,1H3. The van der Waals surface area contributed by atoms with Gasteiger partial charge in [0.15, 0.2) is 5.82 Å². The van der Waals surface area contributed by atoms with E-state index in [4.69, 9.17) is 9.26 Å². The molecule has 1 unspecified atom stereocenters. The van der Waals surface area contributed by atoms with E-state index in [0.717, 1.165) is 25.8 Å². The number of ether oxygens (including phenoxy) is 1. The van der Waals surface area contributed by atoms with Crippen LogP contribution in [0, 0.1) is 6.92 Å². The summed E-state index contributed by atoms with van der Waals surface area (Å²) in [7, 11) is 0. The highest BCUT2D eigenvalue weighted by Crippen LogP contribution is 2.16. The molecule has 128 valence electrons. The Kier molecular flexibility index (Phi) is 5.59. The van der Waals surface area contributed by atoms with Gasteiger partial charge in [-0.2, -0.15) is 4.98 Å². The SMILES string of the molecule is Cc1nc(COC2CCCN(C(=O)CCc3ccccc3)C2)no1. The molecule has 3 rings (SSSR count). The van der Waals surface area contributed by atoms with E-state index in [2.05, 4.69) is 22.3 Å². The quantitative estimate of drug-likeness (QED) is 0.814. The van der Waals surface area contributed by atoms with E-state index in [0.29, 0.717) is 31.3 Å². The van der Waals surface area contributed by atoms with Gasteiger partial charge in [-0.25, -0.2) is 0 Å². The molecule has 0 N–H and O–H groups in total. The average molecular weight is 329 g/mol. The van der Waals surface area contributed by atoms with Gasteiger partial charge in [0, 0.05) is 26.4 Å². The molecule has 2 heterocycles. The Morgan fingerprint density at radius 2 is 2.21 bits per heavy atom. The van der Waals surface area contributed by atoms with Crippen LogP contribution in [0.1, 0.15) is 36.5 Å². The van der Waals surface area contributed by atoms with Crippen LogP contribution >= 0.6 is 0 Å². The van der Waals surface area contributed by atoms with Crippen molar-refractivity contribution in [2.24, 2.45) is 0 Å². The molecule has 6 nitrogen and oxygen atoms in total. The summed E-state index contributed by atoms with van der Waals surface area (Å²) >= 11 is 0.